The third-order valence-electron chi connectivity index (χ3n) is 17.7. The summed E-state index contributed by atoms with van der Waals surface area (Å²) >= 11 is 9.52. The summed E-state index contributed by atoms with van der Waals surface area (Å²) < 4.78 is 25.8. The van der Waals surface area contributed by atoms with Crippen LogP contribution < -0.4 is 20.6 Å². The van der Waals surface area contributed by atoms with E-state index < -0.39 is 10.8 Å². The fourth-order valence-corrected chi connectivity index (χ4v) is 17.5. The molecule has 102 heavy (non-hydrogen) atoms. The van der Waals surface area contributed by atoms with Gasteiger partial charge in [0.25, 0.3) is 11.1 Å². The van der Waals surface area contributed by atoms with Crippen LogP contribution in [0.5, 0.6) is 11.8 Å². The zero-order valence-corrected chi connectivity index (χ0v) is 65.9. The highest BCUT2D eigenvalue weighted by atomic mass is 79.9. The van der Waals surface area contributed by atoms with Crippen molar-refractivity contribution in [3.05, 3.63) is 180 Å². The molecule has 4 fully saturated rings. The number of hydrogen-bond donors (Lipinski definition) is 2. The summed E-state index contributed by atoms with van der Waals surface area (Å²) in [5, 5.41) is 55.5. The predicted octanol–water partition coefficient (Wildman–Crippen LogP) is 19.5. The molecule has 21 heteroatoms. The minimum absolute atomic E-state index is 0. The molecule has 3 aromatic carbocycles. The summed E-state index contributed by atoms with van der Waals surface area (Å²) in [6.07, 6.45) is 14.0. The van der Waals surface area contributed by atoms with Gasteiger partial charge in [-0.05, 0) is 261 Å². The summed E-state index contributed by atoms with van der Waals surface area (Å²) in [5.41, 5.74) is 14.4. The maximum Gasteiger partial charge on any atom is 0.252 e. The van der Waals surface area contributed by atoms with E-state index in [4.69, 9.17) is 14.5 Å². The molecule has 4 saturated carbocycles. The van der Waals surface area contributed by atoms with E-state index in [1.165, 1.54) is 94.9 Å². The van der Waals surface area contributed by atoms with Crippen LogP contribution in [0.25, 0.3) is 0 Å². The van der Waals surface area contributed by atoms with Crippen molar-refractivity contribution in [2.24, 2.45) is 23.7 Å². The number of pyridine rings is 4. The van der Waals surface area contributed by atoms with Gasteiger partial charge < -0.3 is 19.4 Å². The molecule has 4 heterocycles. The molecular formula is C81H92Br2N10O6S3. The number of halogens is 2. The molecule has 4 aromatic heterocycles. The second-order valence-corrected chi connectivity index (χ2v) is 33.0. The fourth-order valence-electron chi connectivity index (χ4n) is 11.9. The Morgan fingerprint density at radius 1 is 0.510 bits per heavy atom. The van der Waals surface area contributed by atoms with Crippen LogP contribution in [0, 0.1) is 119 Å². The normalized spacial score (nSPS) is 13.6. The number of carbonyl (C=O) groups excluding carboxylic acids is 1. The third kappa shape index (κ3) is 22.4. The Kier molecular flexibility index (Phi) is 30.8. The van der Waals surface area contributed by atoms with Crippen molar-refractivity contribution in [3.8, 4) is 48.2 Å². The van der Waals surface area contributed by atoms with Crippen LogP contribution in [-0.2, 0) is 41.3 Å². The van der Waals surface area contributed by atoms with Crippen LogP contribution in [0.3, 0.4) is 0 Å². The fraction of sp³-hybridized carbons (Fsp3) is 0.444. The van der Waals surface area contributed by atoms with Crippen LogP contribution in [0.1, 0.15) is 245 Å². The van der Waals surface area contributed by atoms with E-state index in [9.17, 15) is 50.2 Å². The van der Waals surface area contributed by atoms with Gasteiger partial charge in [0.1, 0.15) is 0 Å². The van der Waals surface area contributed by atoms with Crippen LogP contribution >= 0.6 is 55.4 Å². The quantitative estimate of drug-likeness (QED) is 0.0671. The monoisotopic (exact) mass is 1550 g/mol. The number of aromatic amines is 2. The van der Waals surface area contributed by atoms with Gasteiger partial charge in [-0.15, -0.1) is 0 Å². The van der Waals surface area contributed by atoms with Gasteiger partial charge in [-0.25, -0.2) is 14.2 Å². The van der Waals surface area contributed by atoms with Crippen LogP contribution in [0.15, 0.2) is 98.0 Å². The Balaban J connectivity index is 0.000000212. The number of hydrogen-bond acceptors (Lipinski definition) is 16. The zero-order chi connectivity index (χ0) is 74.3. The second-order valence-electron chi connectivity index (χ2n) is 27.5. The van der Waals surface area contributed by atoms with Gasteiger partial charge in [-0.3, -0.25) is 14.4 Å². The summed E-state index contributed by atoms with van der Waals surface area (Å²) in [4.78, 5) is 54.7. The molecule has 0 amide bonds. The van der Waals surface area contributed by atoms with E-state index in [1.807, 2.05) is 72.7 Å². The number of H-pyrrole nitrogens is 2. The minimum Gasteiger partial charge on any atom is -0.481 e. The molecule has 4 aliphatic carbocycles. The number of rotatable bonds is 20. The molecule has 0 aliphatic heterocycles. The van der Waals surface area contributed by atoms with Crippen molar-refractivity contribution in [2.75, 3.05) is 14.2 Å². The maximum atomic E-state index is 13.6. The molecule has 2 N–H and O–H groups in total. The first-order valence-corrected chi connectivity index (χ1v) is 38.5. The molecule has 7 aromatic rings. The number of nitrogens with zero attached hydrogens (tertiary/aromatic N) is 8. The summed E-state index contributed by atoms with van der Waals surface area (Å²) in [5.74, 6) is 4.97. The number of methoxy groups -OCH3 is 2. The second kappa shape index (κ2) is 37.9. The third-order valence-corrected chi connectivity index (χ3v) is 22.4. The van der Waals surface area contributed by atoms with E-state index in [2.05, 4.69) is 106 Å². The average Bonchev–Trinajstić information content (AvgIpc) is 1.06. The highest BCUT2D eigenvalue weighted by Gasteiger charge is 2.33. The molecule has 534 valence electrons. The van der Waals surface area contributed by atoms with E-state index in [0.717, 1.165) is 110 Å². The summed E-state index contributed by atoms with van der Waals surface area (Å²) in [6, 6.07) is 27.6. The van der Waals surface area contributed by atoms with Gasteiger partial charge in [0.15, 0.2) is 4.69 Å². The number of benzene rings is 3. The van der Waals surface area contributed by atoms with Gasteiger partial charge >= 0.3 is 0 Å². The Hall–Kier alpha value is -8.12. The van der Waals surface area contributed by atoms with Crippen molar-refractivity contribution in [1.29, 1.82) is 31.6 Å². The predicted molar refractivity (Wildman–Crippen MR) is 411 cm³/mol. The van der Waals surface area contributed by atoms with Gasteiger partial charge in [0.05, 0.1) is 99.7 Å². The number of ether oxygens (including phenoxy) is 2. The SMILES string of the molecule is C.CC(=O)Br.COc1nc(C)c(CC2CC2)c(Br)c1C(C)C.COc1nc(C)c(CC2CC2)c(Sc2cc(C#N)cc(C#N)c2)c1C(C)C.Cc1[nH]c(=O)c(C(C)C)c(S(=O)c2cc(C#N)cc(C#N)c2)c1CC1CC1.Cc1[nH]c(=O)c(C(C)C)c(Sc2cc(C#N)cc(C#N)c2)c1CC1CC1. The number of aryl methyl sites for hydroxylation is 4. The summed E-state index contributed by atoms with van der Waals surface area (Å²) in [7, 11) is 1.71. The molecule has 0 radical (unpaired) electrons. The van der Waals surface area contributed by atoms with Gasteiger partial charge in [-0.1, -0.05) is 86.3 Å². The zero-order valence-electron chi connectivity index (χ0n) is 60.3. The lowest BCUT2D eigenvalue weighted by atomic mass is 9.98. The van der Waals surface area contributed by atoms with Crippen molar-refractivity contribution in [2.45, 2.75) is 228 Å². The topological polar surface area (TPSA) is 287 Å². The Morgan fingerprint density at radius 2 is 0.814 bits per heavy atom. The van der Waals surface area contributed by atoms with Gasteiger partial charge in [-0.2, -0.15) is 31.6 Å². The van der Waals surface area contributed by atoms with Crippen LogP contribution in [-0.4, -0.2) is 43.1 Å². The first kappa shape index (κ1) is 82.8. The Bertz CT molecular complexity index is 4570. The van der Waals surface area contributed by atoms with Crippen molar-refractivity contribution < 1.29 is 18.5 Å². The smallest absolute Gasteiger partial charge is 0.252 e. The van der Waals surface area contributed by atoms with Gasteiger partial charge in [0.2, 0.25) is 11.8 Å². The van der Waals surface area contributed by atoms with Crippen LogP contribution in [0.2, 0.25) is 0 Å². The van der Waals surface area contributed by atoms with E-state index in [0.29, 0.717) is 61.2 Å². The average molecular weight is 1560 g/mol. The van der Waals surface area contributed by atoms with E-state index in [1.54, 1.807) is 62.4 Å². The number of aromatic nitrogens is 4. The van der Waals surface area contributed by atoms with Crippen molar-refractivity contribution >= 4 is 70.9 Å². The van der Waals surface area contributed by atoms with Crippen molar-refractivity contribution in [1.82, 2.24) is 19.9 Å². The maximum absolute atomic E-state index is 13.6. The molecule has 1 unspecified atom stereocenters. The van der Waals surface area contributed by atoms with Gasteiger partial charge in [0, 0.05) is 80.9 Å². The minimum atomic E-state index is -1.65. The lowest BCUT2D eigenvalue weighted by Crippen LogP contribution is -2.22. The number of carbonyl (C=O) groups is 1. The van der Waals surface area contributed by atoms with E-state index >= 15 is 0 Å². The Morgan fingerprint density at radius 3 is 1.17 bits per heavy atom. The van der Waals surface area contributed by atoms with Crippen LogP contribution in [0.4, 0.5) is 0 Å². The standard InChI is InChI=1S/C22H23N3OS.C21H21N3O2S.C21H21N3OS.C14H20BrNO.C2H3BrO.CH4/c1-13(2)20-21(27-18-8-16(11-23)7-17(9-18)12-24)19(10-15-5-6-15)14(3)25-22(20)26-4;1-12(2)19-20(18(9-14-4-5-14)13(3)24-21(19)25)27(26)17-7-15(10-22)6-16(8-17)11-23;1-12(2)19-20(18(9-14-4-5-14)13(3)24-21(19)25)26-17-7-15(10-22)6-16(8-17)11-23;1-8(2)12-13(15)11(7-10-5-6-10)9(3)16-14(12)17-4;1-2(3)4;/h7-9,13,15H,5-6,10H2,1-4H3;6-8,12,14H,4-5,9H2,1-3H3,(H,24,25);6-8,12,14H,4-5,9H2,1-3H3,(H,24,25);8,10H,5-7H2,1-4H3;1H3;1H4. The first-order valence-electron chi connectivity index (χ1n) is 34.1. The molecule has 1 atom stereocenters. The lowest BCUT2D eigenvalue weighted by molar-refractivity contribution is -0.108. The Labute approximate surface area is 630 Å². The van der Waals surface area contributed by atoms with Crippen molar-refractivity contribution in [3.63, 3.8) is 0 Å². The highest BCUT2D eigenvalue weighted by Crippen LogP contribution is 2.47. The lowest BCUT2D eigenvalue weighted by Gasteiger charge is -2.21. The van der Waals surface area contributed by atoms with E-state index in [-0.39, 0.29) is 52.1 Å². The summed E-state index contributed by atoms with van der Waals surface area (Å²) in [6.45, 7) is 25.9. The molecule has 16 nitrogen and oxygen atoms in total. The number of nitriles is 6. The largest absolute Gasteiger partial charge is 0.481 e. The molecule has 11 rings (SSSR count). The highest BCUT2D eigenvalue weighted by molar-refractivity contribution is 9.18. The first-order chi connectivity index (χ1) is 48.0. The number of nitrogens with one attached hydrogen (secondary N) is 2. The molecular weight excluding hydrogens is 1460 g/mol. The molecule has 0 bridgehead atoms. The molecule has 4 aliphatic rings. The molecule has 0 saturated heterocycles. The molecule has 0 spiro atoms.